The smallest absolute Gasteiger partial charge is 0.266 e. The van der Waals surface area contributed by atoms with E-state index >= 15 is 0 Å². The van der Waals surface area contributed by atoms with Crippen molar-refractivity contribution < 1.29 is 23.0 Å². The van der Waals surface area contributed by atoms with Crippen LogP contribution in [0.4, 0.5) is 13.2 Å². The third-order valence-corrected chi connectivity index (χ3v) is 3.38. The maximum absolute atomic E-state index is 13.3. The number of aliphatic hydroxyl groups is 1. The van der Waals surface area contributed by atoms with Gasteiger partial charge in [-0.3, -0.25) is 0 Å². The lowest BCUT2D eigenvalue weighted by Crippen LogP contribution is -2.19. The van der Waals surface area contributed by atoms with Crippen molar-refractivity contribution in [1.29, 1.82) is 0 Å². The first-order valence-electron chi connectivity index (χ1n) is 7.40. The van der Waals surface area contributed by atoms with Crippen LogP contribution in [-0.2, 0) is 13.2 Å². The molecule has 2 aromatic carbocycles. The SMILES string of the molecule is [B]c1ccc(OCc2ccc(F)c(C(F)F)c2)c(CNCCO)c1. The Hall–Kier alpha value is -1.99. The molecule has 2 rings (SSSR count). The van der Waals surface area contributed by atoms with Crippen molar-refractivity contribution in [2.24, 2.45) is 0 Å². The van der Waals surface area contributed by atoms with Gasteiger partial charge >= 0.3 is 0 Å². The van der Waals surface area contributed by atoms with Crippen molar-refractivity contribution in [2.75, 3.05) is 13.2 Å². The van der Waals surface area contributed by atoms with E-state index in [0.29, 0.717) is 29.9 Å². The Labute approximate surface area is 139 Å². The summed E-state index contributed by atoms with van der Waals surface area (Å²) in [4.78, 5) is 0. The first-order valence-corrected chi connectivity index (χ1v) is 7.40. The van der Waals surface area contributed by atoms with E-state index < -0.39 is 17.8 Å². The Bertz CT molecular complexity index is 683. The molecular weight excluding hydrogens is 318 g/mol. The average Bonchev–Trinajstić information content (AvgIpc) is 2.55. The number of halogens is 3. The predicted molar refractivity (Wildman–Crippen MR) is 86.3 cm³/mol. The molecule has 0 saturated heterocycles. The van der Waals surface area contributed by atoms with Gasteiger partial charge in [0.25, 0.3) is 6.43 Å². The van der Waals surface area contributed by atoms with Crippen LogP contribution in [0.2, 0.25) is 0 Å². The van der Waals surface area contributed by atoms with E-state index in [1.165, 1.54) is 6.07 Å². The Balaban J connectivity index is 2.10. The Morgan fingerprint density at radius 3 is 2.67 bits per heavy atom. The van der Waals surface area contributed by atoms with Gasteiger partial charge in [0.2, 0.25) is 0 Å². The fraction of sp³-hybridized carbons (Fsp3) is 0.294. The standard InChI is InChI=1S/C17H17BF3NO2/c18-13-2-4-16(12(8-13)9-22-5-6-23)24-10-11-1-3-15(19)14(7-11)17(20)21/h1-4,7-8,17,22-23H,5-6,9-10H2. The van der Waals surface area contributed by atoms with E-state index in [1.807, 2.05) is 0 Å². The summed E-state index contributed by atoms with van der Waals surface area (Å²) in [7, 11) is 5.75. The van der Waals surface area contributed by atoms with Gasteiger partial charge in [-0.1, -0.05) is 23.7 Å². The zero-order valence-electron chi connectivity index (χ0n) is 12.9. The fourth-order valence-electron chi connectivity index (χ4n) is 2.19. The molecule has 0 aromatic heterocycles. The minimum Gasteiger partial charge on any atom is -0.489 e. The quantitative estimate of drug-likeness (QED) is 0.574. The number of ether oxygens (including phenoxy) is 1. The predicted octanol–water partition coefficient (Wildman–Crippen LogP) is 2.22. The van der Waals surface area contributed by atoms with Gasteiger partial charge in [-0.2, -0.15) is 0 Å². The maximum atomic E-state index is 13.3. The highest BCUT2D eigenvalue weighted by molar-refractivity contribution is 6.32. The monoisotopic (exact) mass is 335 g/mol. The Morgan fingerprint density at radius 2 is 1.96 bits per heavy atom. The van der Waals surface area contributed by atoms with Crippen LogP contribution in [0.1, 0.15) is 23.1 Å². The van der Waals surface area contributed by atoms with Crippen LogP contribution in [0.5, 0.6) is 5.75 Å². The minimum atomic E-state index is -2.88. The zero-order chi connectivity index (χ0) is 17.5. The number of hydrogen-bond donors (Lipinski definition) is 2. The highest BCUT2D eigenvalue weighted by Crippen LogP contribution is 2.24. The second kappa shape index (κ2) is 8.75. The van der Waals surface area contributed by atoms with Gasteiger partial charge in [-0.25, -0.2) is 13.2 Å². The summed E-state index contributed by atoms with van der Waals surface area (Å²) in [6.07, 6.45) is -2.88. The van der Waals surface area contributed by atoms with Gasteiger partial charge in [-0.05, 0) is 23.8 Å². The average molecular weight is 335 g/mol. The molecule has 0 atom stereocenters. The molecule has 0 aliphatic heterocycles. The molecule has 0 saturated carbocycles. The van der Waals surface area contributed by atoms with Crippen molar-refractivity contribution in [1.82, 2.24) is 5.32 Å². The molecule has 0 spiro atoms. The molecule has 7 heteroatoms. The van der Waals surface area contributed by atoms with Gasteiger partial charge in [-0.15, -0.1) is 0 Å². The third kappa shape index (κ3) is 5.01. The summed E-state index contributed by atoms with van der Waals surface area (Å²) >= 11 is 0. The van der Waals surface area contributed by atoms with Crippen LogP contribution < -0.4 is 15.5 Å². The largest absolute Gasteiger partial charge is 0.489 e. The molecule has 0 fully saturated rings. The third-order valence-electron chi connectivity index (χ3n) is 3.38. The van der Waals surface area contributed by atoms with Crippen LogP contribution in [0.15, 0.2) is 36.4 Å². The van der Waals surface area contributed by atoms with Gasteiger partial charge in [0.15, 0.2) is 0 Å². The molecule has 0 amide bonds. The van der Waals surface area contributed by atoms with E-state index in [-0.39, 0.29) is 13.2 Å². The molecule has 24 heavy (non-hydrogen) atoms. The Kier molecular flexibility index (Phi) is 6.69. The van der Waals surface area contributed by atoms with Crippen LogP contribution in [-0.4, -0.2) is 26.1 Å². The molecule has 2 radical (unpaired) electrons. The maximum Gasteiger partial charge on any atom is 0.266 e. The molecule has 0 bridgehead atoms. The number of rotatable bonds is 8. The lowest BCUT2D eigenvalue weighted by Gasteiger charge is -2.14. The van der Waals surface area contributed by atoms with Crippen molar-refractivity contribution in [3.8, 4) is 5.75 Å². The van der Waals surface area contributed by atoms with E-state index in [0.717, 1.165) is 17.7 Å². The molecule has 126 valence electrons. The summed E-state index contributed by atoms with van der Waals surface area (Å²) in [6.45, 7) is 0.887. The topological polar surface area (TPSA) is 41.5 Å². The summed E-state index contributed by atoms with van der Waals surface area (Å²) in [5.41, 5.74) is 1.14. The minimum absolute atomic E-state index is 0.00446. The summed E-state index contributed by atoms with van der Waals surface area (Å²) in [6, 6.07) is 8.59. The number of nitrogens with one attached hydrogen (secondary N) is 1. The highest BCUT2D eigenvalue weighted by Gasteiger charge is 2.14. The van der Waals surface area contributed by atoms with Gasteiger partial charge in [0, 0.05) is 18.7 Å². The highest BCUT2D eigenvalue weighted by atomic mass is 19.3. The van der Waals surface area contributed by atoms with Gasteiger partial charge < -0.3 is 15.2 Å². The Morgan fingerprint density at radius 1 is 1.17 bits per heavy atom. The summed E-state index contributed by atoms with van der Waals surface area (Å²) < 4.78 is 44.4. The van der Waals surface area contributed by atoms with Crippen molar-refractivity contribution in [3.63, 3.8) is 0 Å². The second-order valence-corrected chi connectivity index (χ2v) is 5.21. The van der Waals surface area contributed by atoms with Crippen LogP contribution in [0, 0.1) is 5.82 Å². The number of benzene rings is 2. The van der Waals surface area contributed by atoms with Crippen molar-refractivity contribution in [2.45, 2.75) is 19.6 Å². The fourth-order valence-corrected chi connectivity index (χ4v) is 2.19. The molecule has 3 nitrogen and oxygen atoms in total. The van der Waals surface area contributed by atoms with Crippen LogP contribution in [0.3, 0.4) is 0 Å². The summed E-state index contributed by atoms with van der Waals surface area (Å²) in [5.74, 6) is -0.396. The lowest BCUT2D eigenvalue weighted by atomic mass is 9.94. The van der Waals surface area contributed by atoms with Crippen LogP contribution in [0.25, 0.3) is 0 Å². The molecule has 2 aromatic rings. The van der Waals surface area contributed by atoms with Crippen molar-refractivity contribution >= 4 is 13.3 Å². The first-order chi connectivity index (χ1) is 11.5. The molecule has 2 N–H and O–H groups in total. The van der Waals surface area contributed by atoms with E-state index in [4.69, 9.17) is 17.7 Å². The normalized spacial score (nSPS) is 11.0. The molecule has 0 unspecified atom stereocenters. The van der Waals surface area contributed by atoms with Gasteiger partial charge in [0.05, 0.1) is 12.2 Å². The van der Waals surface area contributed by atoms with E-state index in [1.54, 1.807) is 18.2 Å². The van der Waals surface area contributed by atoms with Crippen LogP contribution >= 0.6 is 0 Å². The molecule has 0 heterocycles. The zero-order valence-corrected chi connectivity index (χ0v) is 12.9. The number of aliphatic hydroxyl groups excluding tert-OH is 1. The van der Waals surface area contributed by atoms with E-state index in [2.05, 4.69) is 5.32 Å². The molecule has 0 aliphatic carbocycles. The second-order valence-electron chi connectivity index (χ2n) is 5.21. The lowest BCUT2D eigenvalue weighted by molar-refractivity contribution is 0.146. The number of hydrogen-bond acceptors (Lipinski definition) is 3. The van der Waals surface area contributed by atoms with E-state index in [9.17, 15) is 13.2 Å². The van der Waals surface area contributed by atoms with Gasteiger partial charge in [0.1, 0.15) is 26.0 Å². The molecular formula is C17H17BF3NO2. The first kappa shape index (κ1) is 18.4. The number of alkyl halides is 2. The van der Waals surface area contributed by atoms with Crippen molar-refractivity contribution in [3.05, 3.63) is 58.9 Å². The molecule has 0 aliphatic rings. The summed E-state index contributed by atoms with van der Waals surface area (Å²) in [5, 5.41) is 11.8.